The van der Waals surface area contributed by atoms with Crippen LogP contribution in [0, 0.1) is 10.1 Å². The van der Waals surface area contributed by atoms with Gasteiger partial charge < -0.3 is 14.5 Å². The van der Waals surface area contributed by atoms with Crippen molar-refractivity contribution in [2.75, 3.05) is 50.7 Å². The Morgan fingerprint density at radius 2 is 1.77 bits per heavy atom. The fraction of sp³-hybridized carbons (Fsp3) is 0.519. The summed E-state index contributed by atoms with van der Waals surface area (Å²) in [5.41, 5.74) is -0.255. The molecule has 0 saturated carbocycles. The number of alkyl halides is 4. The second-order valence-electron chi connectivity index (χ2n) is 9.86. The molecule has 0 bridgehead atoms. The number of likely N-dealkylation sites (tertiary alicyclic amines) is 1. The number of nitro groups is 1. The normalized spacial score (nSPS) is 17.3. The molecule has 0 N–H and O–H groups in total. The van der Waals surface area contributed by atoms with E-state index >= 15 is 0 Å². The van der Waals surface area contributed by atoms with Crippen LogP contribution < -0.4 is 9.64 Å². The molecule has 2 aliphatic heterocycles. The first-order chi connectivity index (χ1) is 18.6. The van der Waals surface area contributed by atoms with Crippen LogP contribution in [0.15, 0.2) is 42.5 Å². The lowest BCUT2D eigenvalue weighted by Gasteiger charge is -2.37. The quantitative estimate of drug-likeness (QED) is 0.163. The van der Waals surface area contributed by atoms with E-state index in [1.54, 1.807) is 6.07 Å². The highest BCUT2D eigenvalue weighted by atomic mass is 32.1. The van der Waals surface area contributed by atoms with E-state index in [1.807, 2.05) is 4.90 Å². The van der Waals surface area contributed by atoms with Gasteiger partial charge in [0.2, 0.25) is 0 Å². The SMILES string of the molecule is O=[N+]([O-])c1ccc(OC2CCN(C(=S)CCCN3CCN(c4cccc(C(F)(F)F)c4)CC3)CC2)cc1CF. The predicted octanol–water partition coefficient (Wildman–Crippen LogP) is 5.86. The van der Waals surface area contributed by atoms with Crippen molar-refractivity contribution in [2.24, 2.45) is 0 Å². The molecule has 0 atom stereocenters. The van der Waals surface area contributed by atoms with Gasteiger partial charge >= 0.3 is 6.18 Å². The molecule has 12 heteroatoms. The fourth-order valence-corrected chi connectivity index (χ4v) is 5.38. The van der Waals surface area contributed by atoms with E-state index < -0.39 is 23.3 Å². The number of thiocarbonyl (C=S) groups is 1. The predicted molar refractivity (Wildman–Crippen MR) is 145 cm³/mol. The molecule has 0 unspecified atom stereocenters. The summed E-state index contributed by atoms with van der Waals surface area (Å²) in [4.78, 5) is 17.8. The number of nitro benzene ring substituents is 1. The molecule has 2 saturated heterocycles. The van der Waals surface area contributed by atoms with E-state index in [1.165, 1.54) is 30.3 Å². The van der Waals surface area contributed by atoms with Crippen molar-refractivity contribution in [3.05, 3.63) is 63.7 Å². The summed E-state index contributed by atoms with van der Waals surface area (Å²) in [6, 6.07) is 9.68. The van der Waals surface area contributed by atoms with Crippen molar-refractivity contribution in [1.82, 2.24) is 9.80 Å². The molecule has 2 fully saturated rings. The summed E-state index contributed by atoms with van der Waals surface area (Å²) in [5.74, 6) is 0.433. The van der Waals surface area contributed by atoms with Gasteiger partial charge in [-0.25, -0.2) is 4.39 Å². The van der Waals surface area contributed by atoms with E-state index in [0.717, 1.165) is 69.5 Å². The Balaban J connectivity index is 1.15. The Kier molecular flexibility index (Phi) is 9.60. The number of nitrogens with zero attached hydrogens (tertiary/aromatic N) is 4. The largest absolute Gasteiger partial charge is 0.490 e. The molecular formula is C27H32F4N4O3S. The van der Waals surface area contributed by atoms with Gasteiger partial charge in [0.15, 0.2) is 0 Å². The molecule has 2 heterocycles. The monoisotopic (exact) mass is 568 g/mol. The number of anilines is 1. The molecule has 39 heavy (non-hydrogen) atoms. The molecule has 212 valence electrons. The van der Waals surface area contributed by atoms with Gasteiger partial charge in [0.05, 0.1) is 21.0 Å². The summed E-state index contributed by atoms with van der Waals surface area (Å²) >= 11 is 5.67. The maximum absolute atomic E-state index is 13.2. The Morgan fingerprint density at radius 3 is 2.41 bits per heavy atom. The average molecular weight is 569 g/mol. The van der Waals surface area contributed by atoms with Crippen molar-refractivity contribution in [2.45, 2.75) is 44.6 Å². The van der Waals surface area contributed by atoms with Crippen molar-refractivity contribution in [3.8, 4) is 5.75 Å². The number of ether oxygens (including phenoxy) is 1. The van der Waals surface area contributed by atoms with Gasteiger partial charge in [0.1, 0.15) is 18.5 Å². The number of halogens is 4. The maximum Gasteiger partial charge on any atom is 0.416 e. The van der Waals surface area contributed by atoms with E-state index in [2.05, 4.69) is 9.80 Å². The van der Waals surface area contributed by atoms with E-state index in [9.17, 15) is 27.7 Å². The molecule has 7 nitrogen and oxygen atoms in total. The number of piperazine rings is 1. The smallest absolute Gasteiger partial charge is 0.416 e. The standard InChI is InChI=1S/C27H32F4N4O3S/c28-19-20-17-24(6-7-25(20)35(36)37)38-23-8-11-34(12-9-23)26(39)5-2-10-32-13-15-33(16-14-32)22-4-1-3-21(18-22)27(29,30)31/h1,3-4,6-7,17-18,23H,2,5,8-16,19H2. The molecule has 0 amide bonds. The number of benzene rings is 2. The van der Waals surface area contributed by atoms with Gasteiger partial charge in [-0.2, -0.15) is 13.2 Å². The summed E-state index contributed by atoms with van der Waals surface area (Å²) in [7, 11) is 0. The Labute approximate surface area is 230 Å². The highest BCUT2D eigenvalue weighted by Crippen LogP contribution is 2.32. The minimum atomic E-state index is -4.34. The number of rotatable bonds is 9. The fourth-order valence-electron chi connectivity index (χ4n) is 5.06. The summed E-state index contributed by atoms with van der Waals surface area (Å²) in [5, 5.41) is 11.0. The van der Waals surface area contributed by atoms with Crippen LogP contribution in [-0.2, 0) is 12.9 Å². The van der Waals surface area contributed by atoms with Crippen molar-refractivity contribution in [3.63, 3.8) is 0 Å². The van der Waals surface area contributed by atoms with Crippen LogP contribution >= 0.6 is 12.2 Å². The zero-order chi connectivity index (χ0) is 28.0. The van der Waals surface area contributed by atoms with Gasteiger partial charge in [-0.05, 0) is 49.7 Å². The summed E-state index contributed by atoms with van der Waals surface area (Å²) in [6.45, 7) is 4.40. The Morgan fingerprint density at radius 1 is 1.05 bits per heavy atom. The third-order valence-electron chi connectivity index (χ3n) is 7.26. The first-order valence-corrected chi connectivity index (χ1v) is 13.5. The molecule has 2 aliphatic rings. The molecule has 0 aromatic heterocycles. The molecule has 0 radical (unpaired) electrons. The van der Waals surface area contributed by atoms with Crippen molar-refractivity contribution >= 4 is 28.6 Å². The lowest BCUT2D eigenvalue weighted by molar-refractivity contribution is -0.385. The lowest BCUT2D eigenvalue weighted by Crippen LogP contribution is -2.47. The molecule has 0 spiro atoms. The maximum atomic E-state index is 13.2. The van der Waals surface area contributed by atoms with Crippen molar-refractivity contribution in [1.29, 1.82) is 0 Å². The topological polar surface area (TPSA) is 62.1 Å². The lowest BCUT2D eigenvalue weighted by atomic mass is 10.1. The van der Waals surface area contributed by atoms with Gasteiger partial charge in [-0.15, -0.1) is 0 Å². The zero-order valence-corrected chi connectivity index (χ0v) is 22.4. The van der Waals surface area contributed by atoms with E-state index in [4.69, 9.17) is 17.0 Å². The summed E-state index contributed by atoms with van der Waals surface area (Å²) in [6.07, 6.45) is -1.21. The van der Waals surface area contributed by atoms with Crippen LogP contribution in [-0.4, -0.2) is 71.6 Å². The van der Waals surface area contributed by atoms with Gasteiger partial charge in [-0.3, -0.25) is 15.0 Å². The van der Waals surface area contributed by atoms with Crippen LogP contribution in [0.2, 0.25) is 0 Å². The van der Waals surface area contributed by atoms with Crippen molar-refractivity contribution < 1.29 is 27.2 Å². The van der Waals surface area contributed by atoms with E-state index in [-0.39, 0.29) is 17.4 Å². The van der Waals surface area contributed by atoms with Gasteiger partial charge in [-0.1, -0.05) is 18.3 Å². The van der Waals surface area contributed by atoms with Gasteiger partial charge in [0.25, 0.3) is 5.69 Å². The number of hydrogen-bond donors (Lipinski definition) is 0. The molecule has 4 rings (SSSR count). The third kappa shape index (κ3) is 7.78. The first-order valence-electron chi connectivity index (χ1n) is 13.1. The van der Waals surface area contributed by atoms with Crippen LogP contribution in [0.3, 0.4) is 0 Å². The highest BCUT2D eigenvalue weighted by Gasteiger charge is 2.31. The Bertz CT molecular complexity index is 1150. The first kappa shape index (κ1) is 29.0. The molecule has 2 aromatic carbocycles. The molecule has 2 aromatic rings. The zero-order valence-electron chi connectivity index (χ0n) is 21.5. The summed E-state index contributed by atoms with van der Waals surface area (Å²) < 4.78 is 58.2. The third-order valence-corrected chi connectivity index (χ3v) is 7.73. The second kappa shape index (κ2) is 12.9. The minimum absolute atomic E-state index is 0.00758. The minimum Gasteiger partial charge on any atom is -0.490 e. The Hall–Kier alpha value is -2.99. The highest BCUT2D eigenvalue weighted by molar-refractivity contribution is 7.80. The van der Waals surface area contributed by atoms with Crippen LogP contribution in [0.1, 0.15) is 36.8 Å². The van der Waals surface area contributed by atoms with E-state index in [0.29, 0.717) is 24.5 Å². The number of hydrogen-bond acceptors (Lipinski definition) is 6. The van der Waals surface area contributed by atoms with Crippen LogP contribution in [0.5, 0.6) is 5.75 Å². The van der Waals surface area contributed by atoms with Crippen LogP contribution in [0.4, 0.5) is 28.9 Å². The second-order valence-corrected chi connectivity index (χ2v) is 10.3. The number of piperidine rings is 1. The van der Waals surface area contributed by atoms with Gasteiger partial charge in [0, 0.05) is 63.9 Å². The molecular weight excluding hydrogens is 536 g/mol. The van der Waals surface area contributed by atoms with Crippen LogP contribution in [0.25, 0.3) is 0 Å². The average Bonchev–Trinajstić information content (AvgIpc) is 2.93. The molecule has 0 aliphatic carbocycles.